The molecule has 1 atom stereocenters. The van der Waals surface area contributed by atoms with Gasteiger partial charge in [0, 0.05) is 10.2 Å². The third kappa shape index (κ3) is 4.33. The van der Waals surface area contributed by atoms with Crippen LogP contribution in [0.1, 0.15) is 42.1 Å². The van der Waals surface area contributed by atoms with Crippen LogP contribution in [0.2, 0.25) is 0 Å². The maximum atomic E-state index is 13.4. The molecule has 0 N–H and O–H groups in total. The van der Waals surface area contributed by atoms with Crippen molar-refractivity contribution >= 4 is 27.5 Å². The van der Waals surface area contributed by atoms with Gasteiger partial charge in [-0.2, -0.15) is 0 Å². The SMILES string of the molecule is CCOc1cc2c(cc1OCC)C(c1ccc(Br)cc1)N(c1ccc(C)cc1)C(=O)C2. The Bertz CT molecular complexity index is 1080. The Morgan fingerprint density at radius 1 is 0.935 bits per heavy atom. The number of halogens is 1. The third-order valence-electron chi connectivity index (χ3n) is 5.47. The minimum Gasteiger partial charge on any atom is -0.490 e. The zero-order chi connectivity index (χ0) is 22.0. The first-order valence-electron chi connectivity index (χ1n) is 10.6. The van der Waals surface area contributed by atoms with E-state index >= 15 is 0 Å². The molecule has 3 aromatic rings. The Morgan fingerprint density at radius 2 is 1.55 bits per heavy atom. The first-order chi connectivity index (χ1) is 15.0. The number of carbonyl (C=O) groups is 1. The van der Waals surface area contributed by atoms with Crippen molar-refractivity contribution < 1.29 is 14.3 Å². The predicted molar refractivity (Wildman–Crippen MR) is 127 cm³/mol. The lowest BCUT2D eigenvalue weighted by atomic mass is 9.86. The van der Waals surface area contributed by atoms with E-state index in [4.69, 9.17) is 9.47 Å². The maximum absolute atomic E-state index is 13.4. The van der Waals surface area contributed by atoms with Crippen molar-refractivity contribution in [3.8, 4) is 11.5 Å². The first kappa shape index (κ1) is 21.4. The third-order valence-corrected chi connectivity index (χ3v) is 5.99. The molecule has 0 fully saturated rings. The van der Waals surface area contributed by atoms with Gasteiger partial charge in [-0.15, -0.1) is 0 Å². The van der Waals surface area contributed by atoms with Crippen LogP contribution in [0.5, 0.6) is 11.5 Å². The van der Waals surface area contributed by atoms with Gasteiger partial charge >= 0.3 is 0 Å². The lowest BCUT2D eigenvalue weighted by Crippen LogP contribution is -2.41. The summed E-state index contributed by atoms with van der Waals surface area (Å²) in [4.78, 5) is 15.3. The average Bonchev–Trinajstić information content (AvgIpc) is 2.75. The Balaban J connectivity index is 1.91. The average molecular weight is 480 g/mol. The Morgan fingerprint density at radius 3 is 2.16 bits per heavy atom. The van der Waals surface area contributed by atoms with Gasteiger partial charge in [0.2, 0.25) is 5.91 Å². The summed E-state index contributed by atoms with van der Waals surface area (Å²) in [5.41, 5.74) is 5.14. The molecule has 4 rings (SSSR count). The predicted octanol–water partition coefficient (Wildman–Crippen LogP) is 6.23. The van der Waals surface area contributed by atoms with E-state index in [0.717, 1.165) is 32.4 Å². The molecule has 0 saturated heterocycles. The largest absolute Gasteiger partial charge is 0.490 e. The minimum absolute atomic E-state index is 0.0656. The van der Waals surface area contributed by atoms with E-state index in [1.165, 1.54) is 0 Å². The molecule has 0 saturated carbocycles. The zero-order valence-electron chi connectivity index (χ0n) is 18.0. The van der Waals surface area contributed by atoms with Crippen LogP contribution >= 0.6 is 15.9 Å². The van der Waals surface area contributed by atoms with Gasteiger partial charge in [0.15, 0.2) is 11.5 Å². The first-order valence-corrected chi connectivity index (χ1v) is 11.4. The number of carbonyl (C=O) groups excluding carboxylic acids is 1. The van der Waals surface area contributed by atoms with E-state index in [9.17, 15) is 4.79 Å². The standard InChI is InChI=1S/C26H26BrNO3/c1-4-30-23-14-19-15-25(29)28(21-12-6-17(3)7-13-21)26(18-8-10-20(27)11-9-18)22(19)16-24(23)31-5-2/h6-14,16,26H,4-5,15H2,1-3H3. The van der Waals surface area contributed by atoms with Crippen molar-refractivity contribution in [2.75, 3.05) is 18.1 Å². The normalized spacial score (nSPS) is 15.5. The number of benzene rings is 3. The number of hydrogen-bond donors (Lipinski definition) is 0. The Labute approximate surface area is 191 Å². The highest BCUT2D eigenvalue weighted by molar-refractivity contribution is 9.10. The van der Waals surface area contributed by atoms with Crippen molar-refractivity contribution in [3.05, 3.63) is 87.4 Å². The second kappa shape index (κ2) is 9.15. The number of aryl methyl sites for hydroxylation is 1. The summed E-state index contributed by atoms with van der Waals surface area (Å²) in [6.07, 6.45) is 0.322. The molecule has 0 bridgehead atoms. The van der Waals surface area contributed by atoms with Crippen LogP contribution < -0.4 is 14.4 Å². The van der Waals surface area contributed by atoms with Gasteiger partial charge in [-0.1, -0.05) is 45.8 Å². The molecule has 1 aliphatic rings. The minimum atomic E-state index is -0.248. The summed E-state index contributed by atoms with van der Waals surface area (Å²) in [7, 11) is 0. The van der Waals surface area contributed by atoms with Gasteiger partial charge in [-0.05, 0) is 73.9 Å². The van der Waals surface area contributed by atoms with Gasteiger partial charge in [-0.3, -0.25) is 4.79 Å². The molecular weight excluding hydrogens is 454 g/mol. The molecule has 0 aromatic heterocycles. The number of hydrogen-bond acceptors (Lipinski definition) is 3. The molecule has 1 aliphatic heterocycles. The molecule has 1 heterocycles. The number of anilines is 1. The second-order valence-corrected chi connectivity index (χ2v) is 8.51. The summed E-state index contributed by atoms with van der Waals surface area (Å²) in [5.74, 6) is 1.47. The molecule has 1 amide bonds. The molecule has 0 radical (unpaired) electrons. The van der Waals surface area contributed by atoms with Crippen LogP contribution in [0.4, 0.5) is 5.69 Å². The fourth-order valence-corrected chi connectivity index (χ4v) is 4.33. The van der Waals surface area contributed by atoms with Crippen molar-refractivity contribution in [3.63, 3.8) is 0 Å². The molecule has 0 aliphatic carbocycles. The quantitative estimate of drug-likeness (QED) is 0.420. The van der Waals surface area contributed by atoms with Crippen LogP contribution in [-0.2, 0) is 11.2 Å². The van der Waals surface area contributed by atoms with Crippen LogP contribution in [0.25, 0.3) is 0 Å². The smallest absolute Gasteiger partial charge is 0.232 e. The lowest BCUT2D eigenvalue weighted by Gasteiger charge is -2.38. The van der Waals surface area contributed by atoms with E-state index in [1.54, 1.807) is 0 Å². The van der Waals surface area contributed by atoms with Gasteiger partial charge in [0.05, 0.1) is 25.7 Å². The van der Waals surface area contributed by atoms with E-state index in [2.05, 4.69) is 28.1 Å². The van der Waals surface area contributed by atoms with Gasteiger partial charge in [-0.25, -0.2) is 0 Å². The molecule has 3 aromatic carbocycles. The number of fused-ring (bicyclic) bond motifs is 1. The second-order valence-electron chi connectivity index (χ2n) is 7.59. The number of amides is 1. The molecule has 1 unspecified atom stereocenters. The van der Waals surface area contributed by atoms with Crippen LogP contribution in [0, 0.1) is 6.92 Å². The highest BCUT2D eigenvalue weighted by atomic mass is 79.9. The van der Waals surface area contributed by atoms with Crippen molar-refractivity contribution in [2.45, 2.75) is 33.2 Å². The van der Waals surface area contributed by atoms with E-state index < -0.39 is 0 Å². The molecule has 5 heteroatoms. The molecule has 0 spiro atoms. The molecule has 160 valence electrons. The molecule has 31 heavy (non-hydrogen) atoms. The fourth-order valence-electron chi connectivity index (χ4n) is 4.07. The van der Waals surface area contributed by atoms with Gasteiger partial charge in [0.25, 0.3) is 0 Å². The van der Waals surface area contributed by atoms with E-state index in [1.807, 2.05) is 74.2 Å². The number of nitrogens with zero attached hydrogens (tertiary/aromatic N) is 1. The summed E-state index contributed by atoms with van der Waals surface area (Å²) >= 11 is 3.52. The Kier molecular flexibility index (Phi) is 6.33. The lowest BCUT2D eigenvalue weighted by molar-refractivity contribution is -0.118. The number of ether oxygens (including phenoxy) is 2. The highest BCUT2D eigenvalue weighted by Crippen LogP contribution is 2.43. The summed E-state index contributed by atoms with van der Waals surface area (Å²) in [5, 5.41) is 0. The van der Waals surface area contributed by atoms with Crippen LogP contribution in [-0.4, -0.2) is 19.1 Å². The summed E-state index contributed by atoms with van der Waals surface area (Å²) in [6, 6.07) is 20.0. The van der Waals surface area contributed by atoms with E-state index in [0.29, 0.717) is 31.1 Å². The fraction of sp³-hybridized carbons (Fsp3) is 0.269. The zero-order valence-corrected chi connectivity index (χ0v) is 19.6. The molecular formula is C26H26BrNO3. The van der Waals surface area contributed by atoms with Crippen molar-refractivity contribution in [2.24, 2.45) is 0 Å². The van der Waals surface area contributed by atoms with Crippen molar-refractivity contribution in [1.82, 2.24) is 0 Å². The molecule has 4 nitrogen and oxygen atoms in total. The maximum Gasteiger partial charge on any atom is 0.232 e. The topological polar surface area (TPSA) is 38.8 Å². The van der Waals surface area contributed by atoms with E-state index in [-0.39, 0.29) is 11.9 Å². The monoisotopic (exact) mass is 479 g/mol. The summed E-state index contributed by atoms with van der Waals surface area (Å²) < 4.78 is 12.7. The number of rotatable bonds is 6. The van der Waals surface area contributed by atoms with Crippen LogP contribution in [0.15, 0.2) is 65.1 Å². The van der Waals surface area contributed by atoms with Gasteiger partial charge < -0.3 is 14.4 Å². The van der Waals surface area contributed by atoms with Gasteiger partial charge in [0.1, 0.15) is 0 Å². The highest BCUT2D eigenvalue weighted by Gasteiger charge is 2.36. The van der Waals surface area contributed by atoms with Crippen LogP contribution in [0.3, 0.4) is 0 Å². The van der Waals surface area contributed by atoms with Crippen molar-refractivity contribution in [1.29, 1.82) is 0 Å². The summed E-state index contributed by atoms with van der Waals surface area (Å²) in [6.45, 7) is 7.04. The Hall–Kier alpha value is -2.79.